The van der Waals surface area contributed by atoms with Gasteiger partial charge in [0.25, 0.3) is 5.91 Å². The molecule has 0 radical (unpaired) electrons. The largest absolute Gasteiger partial charge is 0.390 e. The number of carbonyl (C=O) groups is 1. The zero-order valence-corrected chi connectivity index (χ0v) is 15.9. The van der Waals surface area contributed by atoms with E-state index in [-0.39, 0.29) is 5.91 Å². The molecule has 2 heterocycles. The van der Waals surface area contributed by atoms with Crippen molar-refractivity contribution in [3.8, 4) is 0 Å². The first kappa shape index (κ1) is 18.4. The van der Waals surface area contributed by atoms with Crippen LogP contribution in [0.15, 0.2) is 24.3 Å². The highest BCUT2D eigenvalue weighted by Gasteiger charge is 2.37. The molecular formula is C21H32N2O2. The first-order chi connectivity index (χ1) is 11.8. The first-order valence-electron chi connectivity index (χ1n) is 9.70. The molecule has 1 amide bonds. The summed E-state index contributed by atoms with van der Waals surface area (Å²) in [4.78, 5) is 17.2. The van der Waals surface area contributed by atoms with Crippen LogP contribution in [-0.4, -0.2) is 58.1 Å². The minimum Gasteiger partial charge on any atom is -0.390 e. The van der Waals surface area contributed by atoms with Crippen LogP contribution in [0.25, 0.3) is 0 Å². The first-order valence-corrected chi connectivity index (χ1v) is 9.70. The molecular weight excluding hydrogens is 312 g/mol. The van der Waals surface area contributed by atoms with E-state index in [2.05, 4.69) is 11.8 Å². The maximum absolute atomic E-state index is 12.6. The Morgan fingerprint density at radius 3 is 2.48 bits per heavy atom. The predicted octanol–water partition coefficient (Wildman–Crippen LogP) is 3.09. The lowest BCUT2D eigenvalue weighted by molar-refractivity contribution is 0.00212. The lowest BCUT2D eigenvalue weighted by Crippen LogP contribution is -2.63. The van der Waals surface area contributed by atoms with Gasteiger partial charge in [-0.3, -0.25) is 9.69 Å². The van der Waals surface area contributed by atoms with Crippen molar-refractivity contribution >= 4 is 5.91 Å². The van der Waals surface area contributed by atoms with Crippen molar-refractivity contribution < 1.29 is 9.90 Å². The third-order valence-corrected chi connectivity index (χ3v) is 5.70. The van der Waals surface area contributed by atoms with Crippen molar-refractivity contribution in [2.75, 3.05) is 19.6 Å². The Kier molecular flexibility index (Phi) is 5.49. The number of hydrogen-bond donors (Lipinski definition) is 1. The zero-order chi connectivity index (χ0) is 18.0. The Morgan fingerprint density at radius 2 is 1.88 bits per heavy atom. The van der Waals surface area contributed by atoms with Crippen LogP contribution in [0.2, 0.25) is 0 Å². The number of aliphatic hydroxyl groups is 1. The van der Waals surface area contributed by atoms with E-state index in [0.29, 0.717) is 12.1 Å². The Labute approximate surface area is 151 Å². The van der Waals surface area contributed by atoms with E-state index >= 15 is 0 Å². The molecule has 3 rings (SSSR count). The van der Waals surface area contributed by atoms with Crippen LogP contribution >= 0.6 is 0 Å². The van der Waals surface area contributed by atoms with Crippen molar-refractivity contribution in [2.24, 2.45) is 0 Å². The number of carbonyl (C=O) groups excluding carboxylic acids is 1. The molecule has 0 aliphatic carbocycles. The normalized spacial score (nSPS) is 22.7. The highest BCUT2D eigenvalue weighted by molar-refractivity contribution is 5.94. The Hall–Kier alpha value is -1.39. The number of aryl methyl sites for hydroxylation is 1. The molecule has 138 valence electrons. The fourth-order valence-electron chi connectivity index (χ4n) is 3.94. The topological polar surface area (TPSA) is 43.8 Å². The summed E-state index contributed by atoms with van der Waals surface area (Å²) in [7, 11) is 0. The Morgan fingerprint density at radius 1 is 1.20 bits per heavy atom. The number of hydrogen-bond acceptors (Lipinski definition) is 3. The number of amides is 1. The van der Waals surface area contributed by atoms with Gasteiger partial charge in [0, 0.05) is 30.7 Å². The molecule has 1 atom stereocenters. The third-order valence-electron chi connectivity index (χ3n) is 5.70. The van der Waals surface area contributed by atoms with Crippen molar-refractivity contribution in [3.63, 3.8) is 0 Å². The molecule has 4 nitrogen and oxygen atoms in total. The van der Waals surface area contributed by atoms with Crippen LogP contribution in [0.4, 0.5) is 0 Å². The number of nitrogens with zero attached hydrogens (tertiary/aromatic N) is 2. The molecule has 2 saturated heterocycles. The summed E-state index contributed by atoms with van der Waals surface area (Å²) in [6.45, 7) is 8.88. The molecule has 25 heavy (non-hydrogen) atoms. The van der Waals surface area contributed by atoms with Crippen molar-refractivity contribution in [1.82, 2.24) is 9.80 Å². The summed E-state index contributed by atoms with van der Waals surface area (Å²) in [6, 6.07) is 9.10. The number of benzene rings is 1. The molecule has 1 aromatic carbocycles. The van der Waals surface area contributed by atoms with Crippen LogP contribution in [-0.2, 0) is 6.42 Å². The smallest absolute Gasteiger partial charge is 0.253 e. The van der Waals surface area contributed by atoms with E-state index in [4.69, 9.17) is 0 Å². The maximum Gasteiger partial charge on any atom is 0.253 e. The zero-order valence-electron chi connectivity index (χ0n) is 15.9. The average molecular weight is 344 g/mol. The fourth-order valence-corrected chi connectivity index (χ4v) is 3.94. The minimum absolute atomic E-state index is 0.148. The fraction of sp³-hybridized carbons (Fsp3) is 0.667. The highest BCUT2D eigenvalue weighted by Crippen LogP contribution is 2.25. The molecule has 2 fully saturated rings. The molecule has 1 N–H and O–H groups in total. The predicted molar refractivity (Wildman–Crippen MR) is 101 cm³/mol. The van der Waals surface area contributed by atoms with Crippen LogP contribution in [0.3, 0.4) is 0 Å². The van der Waals surface area contributed by atoms with Gasteiger partial charge in [0.2, 0.25) is 0 Å². The van der Waals surface area contributed by atoms with Gasteiger partial charge in [0.1, 0.15) is 0 Å². The van der Waals surface area contributed by atoms with Crippen molar-refractivity contribution in [1.29, 1.82) is 0 Å². The van der Waals surface area contributed by atoms with Crippen molar-refractivity contribution in [3.05, 3.63) is 35.4 Å². The van der Waals surface area contributed by atoms with Crippen LogP contribution in [0.1, 0.15) is 62.4 Å². The van der Waals surface area contributed by atoms with E-state index in [0.717, 1.165) is 31.5 Å². The van der Waals surface area contributed by atoms with Crippen LogP contribution < -0.4 is 0 Å². The molecule has 2 aliphatic rings. The second-order valence-electron chi connectivity index (χ2n) is 8.46. The summed E-state index contributed by atoms with van der Waals surface area (Å²) >= 11 is 0. The average Bonchev–Trinajstić information content (AvgIpc) is 2.53. The molecule has 0 bridgehead atoms. The van der Waals surface area contributed by atoms with Gasteiger partial charge in [-0.2, -0.15) is 0 Å². The molecule has 0 saturated carbocycles. The van der Waals surface area contributed by atoms with Gasteiger partial charge < -0.3 is 10.0 Å². The minimum atomic E-state index is -0.646. The Balaban J connectivity index is 1.51. The number of piperidine rings is 1. The summed E-state index contributed by atoms with van der Waals surface area (Å²) in [5.74, 6) is 0.148. The second-order valence-corrected chi connectivity index (χ2v) is 8.46. The van der Waals surface area contributed by atoms with E-state index < -0.39 is 5.60 Å². The van der Waals surface area contributed by atoms with Gasteiger partial charge in [0.15, 0.2) is 0 Å². The Bertz CT molecular complexity index is 585. The van der Waals surface area contributed by atoms with Gasteiger partial charge in [-0.05, 0) is 70.7 Å². The van der Waals surface area contributed by atoms with Gasteiger partial charge in [-0.1, -0.05) is 18.6 Å². The van der Waals surface area contributed by atoms with E-state index in [1.54, 1.807) is 0 Å². The van der Waals surface area contributed by atoms with E-state index in [9.17, 15) is 9.90 Å². The number of likely N-dealkylation sites (tertiary alicyclic amines) is 2. The maximum atomic E-state index is 12.6. The van der Waals surface area contributed by atoms with E-state index in [1.807, 2.05) is 43.0 Å². The standard InChI is InChI=1S/C21H32N2O2/c1-16-6-4-5-13-23(16)19-14-22(15-19)20(24)18-9-7-17(8-10-18)11-12-21(2,3)25/h7-10,16,19,25H,4-6,11-15H2,1-3H3. The lowest BCUT2D eigenvalue weighted by Gasteiger charge is -2.49. The van der Waals surface area contributed by atoms with Crippen LogP contribution in [0.5, 0.6) is 0 Å². The molecule has 2 aliphatic heterocycles. The second kappa shape index (κ2) is 7.46. The van der Waals surface area contributed by atoms with Crippen LogP contribution in [0, 0.1) is 0 Å². The molecule has 1 aromatic rings. The summed E-state index contributed by atoms with van der Waals surface area (Å²) in [5.41, 5.74) is 1.30. The SMILES string of the molecule is CC1CCCCN1C1CN(C(=O)c2ccc(CCC(C)(C)O)cc2)C1. The molecule has 0 spiro atoms. The van der Waals surface area contributed by atoms with Gasteiger partial charge in [-0.15, -0.1) is 0 Å². The van der Waals surface area contributed by atoms with Crippen molar-refractivity contribution in [2.45, 2.75) is 70.6 Å². The lowest BCUT2D eigenvalue weighted by atomic mass is 9.96. The van der Waals surface area contributed by atoms with Gasteiger partial charge in [-0.25, -0.2) is 0 Å². The number of rotatable bonds is 5. The summed E-state index contributed by atoms with van der Waals surface area (Å²) < 4.78 is 0. The highest BCUT2D eigenvalue weighted by atomic mass is 16.3. The monoisotopic (exact) mass is 344 g/mol. The van der Waals surface area contributed by atoms with Gasteiger partial charge >= 0.3 is 0 Å². The third kappa shape index (κ3) is 4.62. The molecule has 4 heteroatoms. The quantitative estimate of drug-likeness (QED) is 0.893. The molecule has 0 aromatic heterocycles. The summed E-state index contributed by atoms with van der Waals surface area (Å²) in [6.07, 6.45) is 5.48. The molecule has 1 unspecified atom stereocenters. The van der Waals surface area contributed by atoms with Gasteiger partial charge in [0.05, 0.1) is 5.60 Å². The summed E-state index contributed by atoms with van der Waals surface area (Å²) in [5, 5.41) is 9.82. The van der Waals surface area contributed by atoms with E-state index in [1.165, 1.54) is 31.4 Å².